The summed E-state index contributed by atoms with van der Waals surface area (Å²) in [6.07, 6.45) is -1.55. The van der Waals surface area contributed by atoms with Crippen LogP contribution in [0.3, 0.4) is 0 Å². The standard InChI is InChI=1S/C22H19N5O8S/c23-10-14(21-24-15-5-1-2-6-16(15)25-21)19(29)12-35-22(30)18-9-13(28)11-26(18)36(33,34)20-8-4-3-7-17(20)27(31)32/h1-8,13,18,28-29H,9,11-12H2,(H,24,25)/t13-,18+/m0/s1. The summed E-state index contributed by atoms with van der Waals surface area (Å²) in [5.74, 6) is -1.69. The summed E-state index contributed by atoms with van der Waals surface area (Å²) >= 11 is 0. The number of aromatic nitrogens is 2. The van der Waals surface area contributed by atoms with Gasteiger partial charge in [0.05, 0.1) is 22.1 Å². The van der Waals surface area contributed by atoms with Crippen LogP contribution in [0.4, 0.5) is 5.69 Å². The van der Waals surface area contributed by atoms with Crippen LogP contribution in [-0.2, 0) is 19.6 Å². The third-order valence-corrected chi connectivity index (χ3v) is 7.45. The predicted molar refractivity (Wildman–Crippen MR) is 124 cm³/mol. The van der Waals surface area contributed by atoms with Crippen LogP contribution in [0.1, 0.15) is 12.2 Å². The van der Waals surface area contributed by atoms with E-state index in [1.165, 1.54) is 12.1 Å². The van der Waals surface area contributed by atoms with Crippen molar-refractivity contribution in [2.45, 2.75) is 23.5 Å². The maximum Gasteiger partial charge on any atom is 0.325 e. The van der Waals surface area contributed by atoms with Crippen molar-refractivity contribution in [2.75, 3.05) is 13.2 Å². The summed E-state index contributed by atoms with van der Waals surface area (Å²) in [4.78, 5) is 29.7. The van der Waals surface area contributed by atoms with Crippen molar-refractivity contribution in [2.24, 2.45) is 0 Å². The number of hydrogen-bond donors (Lipinski definition) is 3. The second kappa shape index (κ2) is 9.74. The minimum Gasteiger partial charge on any atom is -0.507 e. The van der Waals surface area contributed by atoms with Crippen LogP contribution < -0.4 is 0 Å². The molecule has 36 heavy (non-hydrogen) atoms. The molecule has 1 aromatic heterocycles. The second-order valence-electron chi connectivity index (χ2n) is 7.85. The number of esters is 1. The lowest BCUT2D eigenvalue weighted by Gasteiger charge is -2.22. The van der Waals surface area contributed by atoms with Crippen LogP contribution in [0.25, 0.3) is 16.6 Å². The number of hydrogen-bond acceptors (Lipinski definition) is 10. The molecule has 1 fully saturated rings. The van der Waals surface area contributed by atoms with Crippen LogP contribution in [0.15, 0.2) is 59.2 Å². The van der Waals surface area contributed by atoms with E-state index in [0.29, 0.717) is 15.3 Å². The van der Waals surface area contributed by atoms with Gasteiger partial charge in [0, 0.05) is 19.0 Å². The summed E-state index contributed by atoms with van der Waals surface area (Å²) in [6, 6.07) is 11.8. The first-order chi connectivity index (χ1) is 17.1. The zero-order chi connectivity index (χ0) is 26.0. The fraction of sp³-hybridized carbons (Fsp3) is 0.227. The average Bonchev–Trinajstić information content (AvgIpc) is 3.47. The number of H-pyrrole nitrogens is 1. The summed E-state index contributed by atoms with van der Waals surface area (Å²) in [5.41, 5.74) is 0.188. The normalized spacial score (nSPS) is 19.0. The van der Waals surface area contributed by atoms with E-state index in [9.17, 15) is 38.8 Å². The summed E-state index contributed by atoms with van der Waals surface area (Å²) in [6.45, 7) is -1.26. The molecule has 186 valence electrons. The fourth-order valence-electron chi connectivity index (χ4n) is 3.85. The Labute approximate surface area is 204 Å². The number of nitriles is 1. The molecule has 3 aromatic rings. The number of aliphatic hydroxyl groups is 2. The Kier molecular flexibility index (Phi) is 6.71. The van der Waals surface area contributed by atoms with E-state index in [4.69, 9.17) is 4.74 Å². The van der Waals surface area contributed by atoms with E-state index < -0.39 is 62.6 Å². The number of nitrogens with zero attached hydrogens (tertiary/aromatic N) is 4. The predicted octanol–water partition coefficient (Wildman–Crippen LogP) is 1.63. The number of imidazole rings is 1. The second-order valence-corrected chi connectivity index (χ2v) is 9.71. The molecule has 0 spiro atoms. The number of allylic oxidation sites excluding steroid dienone is 1. The number of carbonyl (C=O) groups is 1. The Morgan fingerprint density at radius 1 is 1.28 bits per heavy atom. The first-order valence-corrected chi connectivity index (χ1v) is 11.9. The zero-order valence-electron chi connectivity index (χ0n) is 18.4. The van der Waals surface area contributed by atoms with Gasteiger partial charge in [0.15, 0.2) is 16.5 Å². The van der Waals surface area contributed by atoms with E-state index in [1.54, 1.807) is 30.3 Å². The van der Waals surface area contributed by atoms with Crippen LogP contribution in [0, 0.1) is 21.4 Å². The number of fused-ring (bicyclic) bond motifs is 1. The van der Waals surface area contributed by atoms with Gasteiger partial charge in [-0.15, -0.1) is 0 Å². The molecule has 2 atom stereocenters. The third kappa shape index (κ3) is 4.62. The molecule has 2 heterocycles. The monoisotopic (exact) mass is 513 g/mol. The molecule has 1 saturated heterocycles. The lowest BCUT2D eigenvalue weighted by molar-refractivity contribution is -0.387. The molecule has 3 N–H and O–H groups in total. The van der Waals surface area contributed by atoms with E-state index >= 15 is 0 Å². The highest BCUT2D eigenvalue weighted by molar-refractivity contribution is 7.89. The topological polar surface area (TPSA) is 200 Å². The molecule has 0 aliphatic carbocycles. The number of ether oxygens (including phenoxy) is 1. The van der Waals surface area contributed by atoms with Crippen LogP contribution in [0.2, 0.25) is 0 Å². The first-order valence-electron chi connectivity index (χ1n) is 10.5. The van der Waals surface area contributed by atoms with Crippen LogP contribution >= 0.6 is 0 Å². The van der Waals surface area contributed by atoms with Gasteiger partial charge >= 0.3 is 5.97 Å². The molecular weight excluding hydrogens is 494 g/mol. The molecule has 0 radical (unpaired) electrons. The minimum absolute atomic E-state index is 0.0455. The van der Waals surface area contributed by atoms with Crippen molar-refractivity contribution in [3.63, 3.8) is 0 Å². The maximum absolute atomic E-state index is 13.2. The Bertz CT molecular complexity index is 1490. The van der Waals surface area contributed by atoms with Crippen LogP contribution in [-0.4, -0.2) is 69.1 Å². The highest BCUT2D eigenvalue weighted by Gasteiger charge is 2.46. The molecule has 14 heteroatoms. The Morgan fingerprint density at radius 2 is 1.97 bits per heavy atom. The molecule has 1 aliphatic heterocycles. The molecule has 0 bridgehead atoms. The number of benzene rings is 2. The highest BCUT2D eigenvalue weighted by atomic mass is 32.2. The number of nitrogens with one attached hydrogen (secondary N) is 1. The van der Waals surface area contributed by atoms with Gasteiger partial charge in [0.25, 0.3) is 15.7 Å². The lowest BCUT2D eigenvalue weighted by Crippen LogP contribution is -2.41. The van der Waals surface area contributed by atoms with Crippen LogP contribution in [0.5, 0.6) is 0 Å². The van der Waals surface area contributed by atoms with Gasteiger partial charge in [-0.3, -0.25) is 14.9 Å². The molecule has 0 saturated carbocycles. The number of carbonyl (C=O) groups excluding carboxylic acids is 1. The maximum atomic E-state index is 13.2. The van der Waals surface area contributed by atoms with Gasteiger partial charge in [-0.2, -0.15) is 9.57 Å². The van der Waals surface area contributed by atoms with E-state index in [0.717, 1.165) is 12.1 Å². The number of aromatic amines is 1. The lowest BCUT2D eigenvalue weighted by atomic mass is 10.2. The van der Waals surface area contributed by atoms with Crippen molar-refractivity contribution in [3.8, 4) is 6.07 Å². The SMILES string of the molecule is N#CC(=C(O)COC(=O)[C@H]1C[C@H](O)CN1S(=O)(=O)c1ccccc1[N+](=O)[O-])c1nc2ccccc2[nH]1. The number of para-hydroxylation sites is 3. The molecule has 1 aliphatic rings. The third-order valence-electron chi connectivity index (χ3n) is 5.53. The van der Waals surface area contributed by atoms with Gasteiger partial charge in [-0.1, -0.05) is 24.3 Å². The Balaban J connectivity index is 1.56. The fourth-order valence-corrected chi connectivity index (χ4v) is 5.64. The van der Waals surface area contributed by atoms with Crippen molar-refractivity contribution < 1.29 is 33.1 Å². The van der Waals surface area contributed by atoms with E-state index in [1.807, 2.05) is 0 Å². The summed E-state index contributed by atoms with van der Waals surface area (Å²) in [5, 5.41) is 41.3. The van der Waals surface area contributed by atoms with E-state index in [-0.39, 0.29) is 17.8 Å². The van der Waals surface area contributed by atoms with Crippen molar-refractivity contribution in [1.29, 1.82) is 5.26 Å². The average molecular weight is 513 g/mol. The molecular formula is C22H19N5O8S. The summed E-state index contributed by atoms with van der Waals surface area (Å²) in [7, 11) is -4.57. The van der Waals surface area contributed by atoms with Crippen molar-refractivity contribution in [3.05, 3.63) is 70.2 Å². The zero-order valence-corrected chi connectivity index (χ0v) is 19.3. The molecule has 4 rings (SSSR count). The molecule has 0 unspecified atom stereocenters. The quantitative estimate of drug-likeness (QED) is 0.137. The number of aliphatic hydroxyl groups excluding tert-OH is 2. The number of rotatable bonds is 7. The number of sulfonamides is 1. The van der Waals surface area contributed by atoms with Gasteiger partial charge in [-0.05, 0) is 18.2 Å². The van der Waals surface area contributed by atoms with Gasteiger partial charge in [-0.25, -0.2) is 13.4 Å². The van der Waals surface area contributed by atoms with Crippen molar-refractivity contribution >= 4 is 38.3 Å². The largest absolute Gasteiger partial charge is 0.507 e. The molecule has 13 nitrogen and oxygen atoms in total. The highest BCUT2D eigenvalue weighted by Crippen LogP contribution is 2.32. The van der Waals surface area contributed by atoms with Gasteiger partial charge < -0.3 is 19.9 Å². The Hall–Kier alpha value is -4.32. The van der Waals surface area contributed by atoms with Gasteiger partial charge in [0.2, 0.25) is 0 Å². The molecule has 2 aromatic carbocycles. The van der Waals surface area contributed by atoms with Crippen molar-refractivity contribution in [1.82, 2.24) is 14.3 Å². The number of nitro groups is 1. The smallest absolute Gasteiger partial charge is 0.325 e. The summed E-state index contributed by atoms with van der Waals surface area (Å²) < 4.78 is 32.0. The number of β-amino-alcohol motifs (C(OH)–C–C–N with tert-alkyl or cyclic N) is 1. The van der Waals surface area contributed by atoms with Gasteiger partial charge in [0.1, 0.15) is 24.3 Å². The van der Waals surface area contributed by atoms with E-state index in [2.05, 4.69) is 9.97 Å². The number of nitro benzene ring substituents is 1. The first kappa shape index (κ1) is 24.8. The minimum atomic E-state index is -4.57. The molecule has 0 amide bonds. The Morgan fingerprint density at radius 3 is 2.67 bits per heavy atom.